The van der Waals surface area contributed by atoms with E-state index in [4.69, 9.17) is 4.74 Å². The van der Waals surface area contributed by atoms with Crippen molar-refractivity contribution < 1.29 is 9.53 Å². The van der Waals surface area contributed by atoms with Gasteiger partial charge in [0.15, 0.2) is 6.61 Å². The fourth-order valence-corrected chi connectivity index (χ4v) is 2.84. The molecule has 0 radical (unpaired) electrons. The molecule has 1 aromatic carbocycles. The van der Waals surface area contributed by atoms with E-state index in [1.165, 1.54) is 10.2 Å². The number of hydrogen-bond acceptors (Lipinski definition) is 3. The Bertz CT molecular complexity index is 694. The minimum atomic E-state index is -0.136. The van der Waals surface area contributed by atoms with Crippen molar-refractivity contribution in [3.05, 3.63) is 46.3 Å². The summed E-state index contributed by atoms with van der Waals surface area (Å²) in [5, 5.41) is 4.41. The molecule has 0 aliphatic rings. The largest absolute Gasteiger partial charge is 0.483 e. The minimum Gasteiger partial charge on any atom is -0.483 e. The van der Waals surface area contributed by atoms with Crippen LogP contribution in [-0.4, -0.2) is 22.3 Å². The van der Waals surface area contributed by atoms with Crippen LogP contribution < -0.4 is 4.74 Å². The summed E-state index contributed by atoms with van der Waals surface area (Å²) in [4.78, 5) is 12.5. The van der Waals surface area contributed by atoms with E-state index in [0.717, 1.165) is 34.7 Å². The van der Waals surface area contributed by atoms with Gasteiger partial charge in [-0.3, -0.25) is 4.79 Å². The second-order valence-corrected chi connectivity index (χ2v) is 6.56. The van der Waals surface area contributed by atoms with Gasteiger partial charge in [-0.2, -0.15) is 5.10 Å². The Morgan fingerprint density at radius 2 is 1.78 bits per heavy atom. The van der Waals surface area contributed by atoms with Gasteiger partial charge in [-0.1, -0.05) is 32.0 Å². The molecule has 2 rings (SSSR count). The number of para-hydroxylation sites is 1. The Balaban J connectivity index is 2.16. The van der Waals surface area contributed by atoms with Crippen LogP contribution in [0.1, 0.15) is 46.7 Å². The first-order chi connectivity index (χ1) is 10.8. The molecule has 0 atom stereocenters. The molecular formula is C19H26N2O2. The highest BCUT2D eigenvalue weighted by Gasteiger charge is 2.18. The molecule has 1 heterocycles. The highest BCUT2D eigenvalue weighted by molar-refractivity contribution is 5.80. The van der Waals surface area contributed by atoms with Crippen molar-refractivity contribution in [2.75, 3.05) is 6.61 Å². The molecule has 23 heavy (non-hydrogen) atoms. The molecule has 0 N–H and O–H groups in total. The van der Waals surface area contributed by atoms with E-state index in [2.05, 4.69) is 18.9 Å². The van der Waals surface area contributed by atoms with Crippen molar-refractivity contribution in [1.82, 2.24) is 9.78 Å². The lowest BCUT2D eigenvalue weighted by molar-refractivity contribution is 0.0817. The van der Waals surface area contributed by atoms with Gasteiger partial charge in [0.2, 0.25) is 0 Å². The van der Waals surface area contributed by atoms with Gasteiger partial charge in [0.1, 0.15) is 5.75 Å². The lowest BCUT2D eigenvalue weighted by Crippen LogP contribution is -2.22. The third kappa shape index (κ3) is 3.81. The standard InChI is InChI=1S/C19H26N2O2/c1-12(2)10-17-15(5)20-21(16(17)6)18(22)11-23-19-13(3)8-7-9-14(19)4/h7-9,12H,10-11H2,1-6H3. The molecule has 4 nitrogen and oxygen atoms in total. The number of nitrogens with zero attached hydrogens (tertiary/aromatic N) is 2. The summed E-state index contributed by atoms with van der Waals surface area (Å²) in [5.74, 6) is 1.18. The van der Waals surface area contributed by atoms with E-state index in [1.54, 1.807) is 0 Å². The summed E-state index contributed by atoms with van der Waals surface area (Å²) in [7, 11) is 0. The molecular weight excluding hydrogens is 288 g/mol. The van der Waals surface area contributed by atoms with Crippen molar-refractivity contribution in [2.45, 2.75) is 48.0 Å². The molecule has 0 aliphatic heterocycles. The van der Waals surface area contributed by atoms with Gasteiger partial charge in [0, 0.05) is 5.69 Å². The molecule has 0 fully saturated rings. The SMILES string of the molecule is Cc1cccc(C)c1OCC(=O)n1nc(C)c(CC(C)C)c1C. The molecule has 0 amide bonds. The molecule has 4 heteroatoms. The van der Waals surface area contributed by atoms with Gasteiger partial charge in [-0.25, -0.2) is 4.68 Å². The van der Waals surface area contributed by atoms with Gasteiger partial charge >= 0.3 is 0 Å². The number of carbonyl (C=O) groups is 1. The van der Waals surface area contributed by atoms with Crippen LogP contribution in [0.2, 0.25) is 0 Å². The van der Waals surface area contributed by atoms with E-state index >= 15 is 0 Å². The van der Waals surface area contributed by atoms with Crippen molar-refractivity contribution in [1.29, 1.82) is 0 Å². The number of benzene rings is 1. The van der Waals surface area contributed by atoms with Crippen LogP contribution in [0, 0.1) is 33.6 Å². The van der Waals surface area contributed by atoms with Crippen molar-refractivity contribution in [2.24, 2.45) is 5.92 Å². The maximum atomic E-state index is 12.5. The maximum Gasteiger partial charge on any atom is 0.284 e. The van der Waals surface area contributed by atoms with Crippen molar-refractivity contribution >= 4 is 5.91 Å². The normalized spacial score (nSPS) is 11.1. The number of aromatic nitrogens is 2. The van der Waals surface area contributed by atoms with E-state index in [-0.39, 0.29) is 12.5 Å². The molecule has 0 spiro atoms. The summed E-state index contributed by atoms with van der Waals surface area (Å²) >= 11 is 0. The van der Waals surface area contributed by atoms with E-state index in [0.29, 0.717) is 5.92 Å². The first-order valence-electron chi connectivity index (χ1n) is 8.08. The number of carbonyl (C=O) groups excluding carboxylic acids is 1. The predicted molar refractivity (Wildman–Crippen MR) is 92.3 cm³/mol. The fraction of sp³-hybridized carbons (Fsp3) is 0.474. The topological polar surface area (TPSA) is 44.1 Å². The third-order valence-electron chi connectivity index (χ3n) is 4.04. The number of rotatable bonds is 5. The van der Waals surface area contributed by atoms with E-state index in [1.807, 2.05) is 45.9 Å². The number of hydrogen-bond donors (Lipinski definition) is 0. The molecule has 0 bridgehead atoms. The fourth-order valence-electron chi connectivity index (χ4n) is 2.84. The van der Waals surface area contributed by atoms with Crippen molar-refractivity contribution in [3.8, 4) is 5.75 Å². The van der Waals surface area contributed by atoms with Crippen LogP contribution in [0.3, 0.4) is 0 Å². The summed E-state index contributed by atoms with van der Waals surface area (Å²) in [6.07, 6.45) is 0.933. The van der Waals surface area contributed by atoms with Gasteiger partial charge < -0.3 is 4.74 Å². The lowest BCUT2D eigenvalue weighted by atomic mass is 10.0. The first kappa shape index (κ1) is 17.3. The molecule has 2 aromatic rings. The van der Waals surface area contributed by atoms with Crippen LogP contribution in [-0.2, 0) is 6.42 Å². The average molecular weight is 314 g/mol. The minimum absolute atomic E-state index is 0.00519. The summed E-state index contributed by atoms with van der Waals surface area (Å²) in [6, 6.07) is 5.95. The average Bonchev–Trinajstić information content (AvgIpc) is 2.74. The van der Waals surface area contributed by atoms with Gasteiger partial charge in [-0.05, 0) is 56.7 Å². The quantitative estimate of drug-likeness (QED) is 0.837. The smallest absolute Gasteiger partial charge is 0.284 e. The Labute approximate surface area is 138 Å². The molecule has 0 unspecified atom stereocenters. The Morgan fingerprint density at radius 1 is 1.17 bits per heavy atom. The Hall–Kier alpha value is -2.10. The second kappa shape index (κ2) is 6.99. The second-order valence-electron chi connectivity index (χ2n) is 6.56. The summed E-state index contributed by atoms with van der Waals surface area (Å²) in [5.41, 5.74) is 5.08. The zero-order valence-corrected chi connectivity index (χ0v) is 14.9. The van der Waals surface area contributed by atoms with Gasteiger partial charge in [0.25, 0.3) is 5.91 Å². The van der Waals surface area contributed by atoms with Crippen LogP contribution in [0.25, 0.3) is 0 Å². The van der Waals surface area contributed by atoms with Crippen LogP contribution in [0.4, 0.5) is 0 Å². The van der Waals surface area contributed by atoms with Crippen LogP contribution in [0.5, 0.6) is 5.75 Å². The van der Waals surface area contributed by atoms with Crippen LogP contribution >= 0.6 is 0 Å². The molecule has 0 saturated heterocycles. The highest BCUT2D eigenvalue weighted by atomic mass is 16.5. The Kier molecular flexibility index (Phi) is 5.24. The molecule has 1 aromatic heterocycles. The van der Waals surface area contributed by atoms with E-state index in [9.17, 15) is 4.79 Å². The third-order valence-corrected chi connectivity index (χ3v) is 4.04. The zero-order chi connectivity index (χ0) is 17.1. The van der Waals surface area contributed by atoms with Gasteiger partial charge in [-0.15, -0.1) is 0 Å². The molecule has 124 valence electrons. The molecule has 0 saturated carbocycles. The summed E-state index contributed by atoms with van der Waals surface area (Å²) in [6.45, 7) is 12.2. The highest BCUT2D eigenvalue weighted by Crippen LogP contribution is 2.22. The first-order valence-corrected chi connectivity index (χ1v) is 8.08. The van der Waals surface area contributed by atoms with Crippen LogP contribution in [0.15, 0.2) is 18.2 Å². The number of aryl methyl sites for hydroxylation is 3. The van der Waals surface area contributed by atoms with E-state index < -0.39 is 0 Å². The molecule has 0 aliphatic carbocycles. The van der Waals surface area contributed by atoms with Gasteiger partial charge in [0.05, 0.1) is 5.69 Å². The monoisotopic (exact) mass is 314 g/mol. The lowest BCUT2D eigenvalue weighted by Gasteiger charge is -2.12. The predicted octanol–water partition coefficient (Wildman–Crippen LogP) is 4.03. The zero-order valence-electron chi connectivity index (χ0n) is 14.9. The maximum absolute atomic E-state index is 12.5. The summed E-state index contributed by atoms with van der Waals surface area (Å²) < 4.78 is 7.25. The Morgan fingerprint density at radius 3 is 2.35 bits per heavy atom. The van der Waals surface area contributed by atoms with Crippen molar-refractivity contribution in [3.63, 3.8) is 0 Å². The number of ether oxygens (including phenoxy) is 1.